The molecule has 0 spiro atoms. The van der Waals surface area contributed by atoms with Crippen molar-refractivity contribution in [3.63, 3.8) is 0 Å². The lowest BCUT2D eigenvalue weighted by Crippen LogP contribution is -2.55. The molecule has 4 unspecified atom stereocenters. The zero-order valence-electron chi connectivity index (χ0n) is 11.6. The monoisotopic (exact) mass is 253 g/mol. The Balaban J connectivity index is 1.67. The van der Waals surface area contributed by atoms with Crippen LogP contribution in [-0.2, 0) is 4.74 Å². The fraction of sp³-hybridized carbons (Fsp3) is 1.00. The maximum atomic E-state index is 6.00. The Morgan fingerprint density at radius 3 is 2.78 bits per heavy atom. The Hall–Kier alpha value is -0.160. The van der Waals surface area contributed by atoms with Crippen molar-refractivity contribution in [1.29, 1.82) is 0 Å². The van der Waals surface area contributed by atoms with E-state index in [1.807, 2.05) is 7.11 Å². The maximum Gasteiger partial charge on any atom is 0.0599 e. The molecule has 3 aliphatic rings. The summed E-state index contributed by atoms with van der Waals surface area (Å²) >= 11 is 0. The second kappa shape index (κ2) is 5.45. The highest BCUT2D eigenvalue weighted by molar-refractivity contribution is 5.00. The number of likely N-dealkylation sites (tertiary alicyclic amines) is 1. The highest BCUT2D eigenvalue weighted by atomic mass is 16.5. The number of nitrogens with two attached hydrogens (primary N) is 1. The maximum absolute atomic E-state index is 6.00. The van der Waals surface area contributed by atoms with Crippen LogP contribution in [-0.4, -0.2) is 67.3 Å². The smallest absolute Gasteiger partial charge is 0.0599 e. The van der Waals surface area contributed by atoms with Crippen LogP contribution in [0.4, 0.5) is 0 Å². The summed E-state index contributed by atoms with van der Waals surface area (Å²) in [6.45, 7) is 4.58. The first-order valence-electron chi connectivity index (χ1n) is 7.56. The number of hydrogen-bond donors (Lipinski definition) is 1. The number of nitrogens with zero attached hydrogens (tertiary/aromatic N) is 2. The molecule has 0 bridgehead atoms. The minimum Gasteiger partial charge on any atom is -0.381 e. The summed E-state index contributed by atoms with van der Waals surface area (Å²) in [7, 11) is 1.84. The van der Waals surface area contributed by atoms with Gasteiger partial charge in [0.05, 0.1) is 6.10 Å². The van der Waals surface area contributed by atoms with Gasteiger partial charge < -0.3 is 10.5 Å². The van der Waals surface area contributed by atoms with Gasteiger partial charge in [-0.1, -0.05) is 0 Å². The van der Waals surface area contributed by atoms with E-state index in [4.69, 9.17) is 10.5 Å². The van der Waals surface area contributed by atoms with Gasteiger partial charge >= 0.3 is 0 Å². The van der Waals surface area contributed by atoms with Crippen LogP contribution in [0.2, 0.25) is 0 Å². The van der Waals surface area contributed by atoms with Crippen molar-refractivity contribution in [2.75, 3.05) is 33.3 Å². The van der Waals surface area contributed by atoms with Gasteiger partial charge in [0, 0.05) is 44.9 Å². The molecule has 4 atom stereocenters. The lowest BCUT2D eigenvalue weighted by Gasteiger charge is -2.43. The summed E-state index contributed by atoms with van der Waals surface area (Å²) in [6, 6.07) is 2.12. The van der Waals surface area contributed by atoms with Crippen LogP contribution < -0.4 is 5.73 Å². The molecular formula is C14H27N3O. The largest absolute Gasteiger partial charge is 0.381 e. The van der Waals surface area contributed by atoms with Crippen molar-refractivity contribution in [1.82, 2.24) is 9.80 Å². The van der Waals surface area contributed by atoms with Crippen molar-refractivity contribution >= 4 is 0 Å². The van der Waals surface area contributed by atoms with Crippen LogP contribution in [0.15, 0.2) is 0 Å². The summed E-state index contributed by atoms with van der Waals surface area (Å²) in [6.07, 6.45) is 6.86. The van der Waals surface area contributed by atoms with Gasteiger partial charge in [0.25, 0.3) is 0 Å². The Bertz CT molecular complexity index is 286. The van der Waals surface area contributed by atoms with Crippen LogP contribution in [0.3, 0.4) is 0 Å². The Morgan fingerprint density at radius 1 is 1.11 bits per heavy atom. The van der Waals surface area contributed by atoms with Crippen LogP contribution in [0.5, 0.6) is 0 Å². The molecule has 3 aliphatic heterocycles. The van der Waals surface area contributed by atoms with Crippen LogP contribution in [0.1, 0.15) is 32.1 Å². The summed E-state index contributed by atoms with van der Waals surface area (Å²) < 4.78 is 5.53. The Kier molecular flexibility index (Phi) is 3.89. The van der Waals surface area contributed by atoms with Crippen molar-refractivity contribution in [3.8, 4) is 0 Å². The van der Waals surface area contributed by atoms with E-state index in [1.54, 1.807) is 0 Å². The fourth-order valence-electron chi connectivity index (χ4n) is 4.36. The summed E-state index contributed by atoms with van der Waals surface area (Å²) in [5.41, 5.74) is 6.00. The van der Waals surface area contributed by atoms with E-state index in [1.165, 1.54) is 45.3 Å². The molecule has 0 saturated carbocycles. The normalized spacial score (nSPS) is 42.3. The zero-order valence-corrected chi connectivity index (χ0v) is 11.6. The molecule has 0 amide bonds. The van der Waals surface area contributed by atoms with Crippen LogP contribution in [0, 0.1) is 0 Å². The number of fused-ring (bicyclic) bond motifs is 1. The summed E-state index contributed by atoms with van der Waals surface area (Å²) in [4.78, 5) is 5.41. The van der Waals surface area contributed by atoms with Gasteiger partial charge in [0.1, 0.15) is 0 Å². The molecule has 3 heterocycles. The van der Waals surface area contributed by atoms with Crippen molar-refractivity contribution < 1.29 is 4.74 Å². The van der Waals surface area contributed by atoms with Gasteiger partial charge in [-0.15, -0.1) is 0 Å². The van der Waals surface area contributed by atoms with Crippen molar-refractivity contribution in [2.45, 2.75) is 56.3 Å². The average molecular weight is 253 g/mol. The third-order valence-corrected chi connectivity index (χ3v) is 5.32. The molecule has 3 saturated heterocycles. The SMILES string of the molecule is COC1CCN(C2CCN3CCCC23)C(CN)C1. The molecule has 0 aromatic rings. The first-order chi connectivity index (χ1) is 8.83. The molecule has 0 aliphatic carbocycles. The minimum atomic E-state index is 0.427. The second-order valence-corrected chi connectivity index (χ2v) is 6.11. The third-order valence-electron chi connectivity index (χ3n) is 5.32. The van der Waals surface area contributed by atoms with E-state index in [2.05, 4.69) is 9.80 Å². The molecule has 18 heavy (non-hydrogen) atoms. The first kappa shape index (κ1) is 12.9. The van der Waals surface area contributed by atoms with Gasteiger partial charge in [0.2, 0.25) is 0 Å². The lowest BCUT2D eigenvalue weighted by atomic mass is 9.94. The molecule has 0 radical (unpaired) electrons. The lowest BCUT2D eigenvalue weighted by molar-refractivity contribution is -0.00878. The van der Waals surface area contributed by atoms with E-state index in [9.17, 15) is 0 Å². The highest BCUT2D eigenvalue weighted by Crippen LogP contribution is 2.34. The fourth-order valence-corrected chi connectivity index (χ4v) is 4.36. The van der Waals surface area contributed by atoms with Gasteiger partial charge in [0.15, 0.2) is 0 Å². The first-order valence-corrected chi connectivity index (χ1v) is 7.56. The Labute approximate surface area is 110 Å². The second-order valence-electron chi connectivity index (χ2n) is 6.11. The van der Waals surface area contributed by atoms with E-state index < -0.39 is 0 Å². The number of ether oxygens (including phenoxy) is 1. The number of hydrogen-bond acceptors (Lipinski definition) is 4. The van der Waals surface area contributed by atoms with E-state index in [0.29, 0.717) is 12.1 Å². The molecular weight excluding hydrogens is 226 g/mol. The molecule has 4 nitrogen and oxygen atoms in total. The Morgan fingerprint density at radius 2 is 2.00 bits per heavy atom. The average Bonchev–Trinajstić information content (AvgIpc) is 3.00. The van der Waals surface area contributed by atoms with Gasteiger partial charge in [-0.25, -0.2) is 0 Å². The number of methoxy groups -OCH3 is 1. The molecule has 0 aromatic heterocycles. The van der Waals surface area contributed by atoms with Crippen LogP contribution in [0.25, 0.3) is 0 Å². The predicted molar refractivity (Wildman–Crippen MR) is 72.6 cm³/mol. The molecule has 4 heteroatoms. The molecule has 0 aromatic carbocycles. The standard InChI is InChI=1S/C14H27N3O/c1-18-12-4-8-17(11(9-12)10-15)14-5-7-16-6-2-3-13(14)16/h11-14H,2-10,15H2,1H3. The molecule has 104 valence electrons. The third kappa shape index (κ3) is 2.20. The summed E-state index contributed by atoms with van der Waals surface area (Å²) in [5, 5.41) is 0. The van der Waals surface area contributed by atoms with E-state index >= 15 is 0 Å². The van der Waals surface area contributed by atoms with Crippen molar-refractivity contribution in [3.05, 3.63) is 0 Å². The topological polar surface area (TPSA) is 41.7 Å². The molecule has 3 rings (SSSR count). The van der Waals surface area contributed by atoms with Crippen molar-refractivity contribution in [2.24, 2.45) is 5.73 Å². The minimum absolute atomic E-state index is 0.427. The highest BCUT2D eigenvalue weighted by Gasteiger charge is 2.43. The quantitative estimate of drug-likeness (QED) is 0.802. The number of piperidine rings is 1. The summed E-state index contributed by atoms with van der Waals surface area (Å²) in [5.74, 6) is 0. The van der Waals surface area contributed by atoms with Gasteiger partial charge in [-0.3, -0.25) is 9.80 Å². The van der Waals surface area contributed by atoms with E-state index in [0.717, 1.165) is 25.0 Å². The van der Waals surface area contributed by atoms with E-state index in [-0.39, 0.29) is 0 Å². The van der Waals surface area contributed by atoms with Crippen LogP contribution >= 0.6 is 0 Å². The zero-order chi connectivity index (χ0) is 12.5. The molecule has 2 N–H and O–H groups in total. The predicted octanol–water partition coefficient (Wildman–Crippen LogP) is 0.661. The van der Waals surface area contributed by atoms with Gasteiger partial charge in [-0.2, -0.15) is 0 Å². The molecule has 3 fully saturated rings. The number of rotatable bonds is 3. The van der Waals surface area contributed by atoms with Gasteiger partial charge in [-0.05, 0) is 38.6 Å².